The number of Topliss-reactive ketones (excluding diaryl/α,β-unsaturated/α-hetero) is 1. The highest BCUT2D eigenvalue weighted by Crippen LogP contribution is 2.41. The van der Waals surface area contributed by atoms with Crippen LogP contribution in [0.15, 0.2) is 0 Å². The Morgan fingerprint density at radius 2 is 1.93 bits per heavy atom. The number of carbonyl (C=O) groups excluding carboxylic acids is 1. The molecule has 3 rings (SSSR count). The van der Waals surface area contributed by atoms with Gasteiger partial charge >= 0.3 is 0 Å². The predicted molar refractivity (Wildman–Crippen MR) is 55.1 cm³/mol. The first-order valence-corrected chi connectivity index (χ1v) is 6.13. The fraction of sp³-hybridized carbons (Fsp3) is 0.917. The molecule has 3 atom stereocenters. The van der Waals surface area contributed by atoms with Crippen molar-refractivity contribution in [2.45, 2.75) is 44.6 Å². The summed E-state index contributed by atoms with van der Waals surface area (Å²) in [4.78, 5) is 14.3. The molecule has 0 aromatic carbocycles. The van der Waals surface area contributed by atoms with E-state index in [1.165, 1.54) is 45.1 Å². The fourth-order valence-corrected chi connectivity index (χ4v) is 3.86. The molecule has 14 heavy (non-hydrogen) atoms. The van der Waals surface area contributed by atoms with E-state index in [1.54, 1.807) is 0 Å². The van der Waals surface area contributed by atoms with Gasteiger partial charge < -0.3 is 0 Å². The van der Waals surface area contributed by atoms with Gasteiger partial charge in [-0.05, 0) is 38.1 Å². The first-order chi connectivity index (χ1) is 6.86. The van der Waals surface area contributed by atoms with Crippen LogP contribution in [0.25, 0.3) is 0 Å². The monoisotopic (exact) mass is 193 g/mol. The lowest BCUT2D eigenvalue weighted by molar-refractivity contribution is -0.120. The molecule has 2 saturated heterocycles. The van der Waals surface area contributed by atoms with Crippen LogP contribution in [0.4, 0.5) is 0 Å². The minimum Gasteiger partial charge on any atom is -0.298 e. The van der Waals surface area contributed by atoms with Gasteiger partial charge in [0.2, 0.25) is 0 Å². The minimum absolute atomic E-state index is 0.423. The second-order valence-electron chi connectivity index (χ2n) is 5.22. The van der Waals surface area contributed by atoms with Crippen molar-refractivity contribution in [3.05, 3.63) is 0 Å². The molecule has 2 heterocycles. The van der Waals surface area contributed by atoms with Crippen LogP contribution < -0.4 is 0 Å². The van der Waals surface area contributed by atoms with Crippen LogP contribution in [0.3, 0.4) is 0 Å². The van der Waals surface area contributed by atoms with Crippen LogP contribution in [0.5, 0.6) is 0 Å². The Morgan fingerprint density at radius 3 is 2.86 bits per heavy atom. The van der Waals surface area contributed by atoms with E-state index in [0.29, 0.717) is 17.7 Å². The topological polar surface area (TPSA) is 20.3 Å². The van der Waals surface area contributed by atoms with E-state index in [4.69, 9.17) is 0 Å². The average Bonchev–Trinajstić information content (AvgIpc) is 2.41. The molecule has 3 aliphatic rings. The molecule has 0 aromatic heterocycles. The molecular formula is C12H19NO. The van der Waals surface area contributed by atoms with E-state index in [9.17, 15) is 4.79 Å². The summed E-state index contributed by atoms with van der Waals surface area (Å²) >= 11 is 0. The van der Waals surface area contributed by atoms with E-state index in [-0.39, 0.29) is 0 Å². The zero-order chi connectivity index (χ0) is 9.54. The lowest BCUT2D eigenvalue weighted by atomic mass is 9.75. The van der Waals surface area contributed by atoms with Crippen molar-refractivity contribution in [1.29, 1.82) is 0 Å². The van der Waals surface area contributed by atoms with Crippen molar-refractivity contribution in [3.8, 4) is 0 Å². The van der Waals surface area contributed by atoms with Crippen LogP contribution >= 0.6 is 0 Å². The molecule has 1 aliphatic carbocycles. The maximum Gasteiger partial charge on any atom is 0.151 e. The number of nitrogens with zero attached hydrogens (tertiary/aromatic N) is 1. The molecule has 0 spiro atoms. The maximum atomic E-state index is 11.8. The molecule has 0 radical (unpaired) electrons. The summed E-state index contributed by atoms with van der Waals surface area (Å²) in [6.07, 6.45) is 7.93. The molecule has 0 aromatic rings. The van der Waals surface area contributed by atoms with E-state index in [0.717, 1.165) is 12.5 Å². The fourth-order valence-electron chi connectivity index (χ4n) is 3.86. The first-order valence-electron chi connectivity index (χ1n) is 6.13. The van der Waals surface area contributed by atoms with Crippen LogP contribution in [0, 0.1) is 11.8 Å². The number of hydrogen-bond acceptors (Lipinski definition) is 2. The Morgan fingerprint density at radius 1 is 1.07 bits per heavy atom. The van der Waals surface area contributed by atoms with Gasteiger partial charge in [0.05, 0.1) is 6.54 Å². The molecule has 0 N–H and O–H groups in total. The highest BCUT2D eigenvalue weighted by Gasteiger charge is 2.46. The SMILES string of the molecule is O=C1CN2CCCC[C@@H]3CCC[C@H]1[C@@H]32. The predicted octanol–water partition coefficient (Wildman–Crippen LogP) is 1.84. The summed E-state index contributed by atoms with van der Waals surface area (Å²) in [6, 6.07) is 0.652. The number of hydrogen-bond donors (Lipinski definition) is 0. The molecule has 3 fully saturated rings. The second-order valence-corrected chi connectivity index (χ2v) is 5.22. The summed E-state index contributed by atoms with van der Waals surface area (Å²) in [7, 11) is 0. The van der Waals surface area contributed by atoms with Crippen molar-refractivity contribution in [3.63, 3.8) is 0 Å². The Bertz CT molecular complexity index is 251. The van der Waals surface area contributed by atoms with Gasteiger partial charge in [0.25, 0.3) is 0 Å². The normalized spacial score (nSPS) is 43.4. The van der Waals surface area contributed by atoms with Crippen molar-refractivity contribution in [1.82, 2.24) is 4.90 Å². The summed E-state index contributed by atoms with van der Waals surface area (Å²) < 4.78 is 0. The third-order valence-corrected chi connectivity index (χ3v) is 4.45. The Kier molecular flexibility index (Phi) is 2.12. The molecule has 2 aliphatic heterocycles. The number of ketones is 1. The van der Waals surface area contributed by atoms with Crippen LogP contribution in [0.1, 0.15) is 38.5 Å². The highest BCUT2D eigenvalue weighted by molar-refractivity contribution is 5.86. The molecule has 78 valence electrons. The van der Waals surface area contributed by atoms with Gasteiger partial charge in [-0.25, -0.2) is 0 Å². The molecule has 0 bridgehead atoms. The summed E-state index contributed by atoms with van der Waals surface area (Å²) in [5.74, 6) is 1.82. The Balaban J connectivity index is 1.89. The van der Waals surface area contributed by atoms with E-state index in [2.05, 4.69) is 4.90 Å². The largest absolute Gasteiger partial charge is 0.298 e. The van der Waals surface area contributed by atoms with Gasteiger partial charge in [-0.15, -0.1) is 0 Å². The quantitative estimate of drug-likeness (QED) is 0.585. The summed E-state index contributed by atoms with van der Waals surface area (Å²) in [5.41, 5.74) is 0. The highest BCUT2D eigenvalue weighted by atomic mass is 16.1. The Hall–Kier alpha value is -0.370. The third-order valence-electron chi connectivity index (χ3n) is 4.45. The van der Waals surface area contributed by atoms with Crippen molar-refractivity contribution >= 4 is 5.78 Å². The zero-order valence-corrected chi connectivity index (χ0v) is 8.74. The molecule has 2 nitrogen and oxygen atoms in total. The molecule has 0 amide bonds. The number of rotatable bonds is 0. The van der Waals surface area contributed by atoms with Crippen LogP contribution in [-0.4, -0.2) is 29.8 Å². The smallest absolute Gasteiger partial charge is 0.151 e. The van der Waals surface area contributed by atoms with Gasteiger partial charge in [0.15, 0.2) is 5.78 Å². The molecule has 1 saturated carbocycles. The minimum atomic E-state index is 0.423. The van der Waals surface area contributed by atoms with E-state index in [1.807, 2.05) is 0 Å². The molecular weight excluding hydrogens is 174 g/mol. The van der Waals surface area contributed by atoms with Gasteiger partial charge in [-0.1, -0.05) is 12.8 Å². The Labute approximate surface area is 85.7 Å². The number of carbonyl (C=O) groups is 1. The van der Waals surface area contributed by atoms with Crippen molar-refractivity contribution in [2.75, 3.05) is 13.1 Å². The summed E-state index contributed by atoms with van der Waals surface area (Å²) in [6.45, 7) is 1.95. The summed E-state index contributed by atoms with van der Waals surface area (Å²) in [5, 5.41) is 0. The first kappa shape index (κ1) is 8.90. The van der Waals surface area contributed by atoms with Gasteiger partial charge in [-0.3, -0.25) is 9.69 Å². The van der Waals surface area contributed by atoms with Gasteiger partial charge in [0, 0.05) is 12.0 Å². The van der Waals surface area contributed by atoms with Crippen LogP contribution in [-0.2, 0) is 4.79 Å². The van der Waals surface area contributed by atoms with Crippen LogP contribution in [0.2, 0.25) is 0 Å². The standard InChI is InChI=1S/C12H19NO/c14-11-8-13-7-2-1-4-9-5-3-6-10(11)12(9)13/h9-10,12H,1-8H2/t9-,10-,12-/m1/s1. The van der Waals surface area contributed by atoms with Crippen molar-refractivity contribution in [2.24, 2.45) is 11.8 Å². The van der Waals surface area contributed by atoms with E-state index < -0.39 is 0 Å². The molecule has 2 heteroatoms. The second kappa shape index (κ2) is 3.34. The molecule has 0 unspecified atom stereocenters. The lowest BCUT2D eigenvalue weighted by Crippen LogP contribution is -2.40. The maximum absolute atomic E-state index is 11.8. The third kappa shape index (κ3) is 1.23. The average molecular weight is 193 g/mol. The van der Waals surface area contributed by atoms with Gasteiger partial charge in [0.1, 0.15) is 0 Å². The van der Waals surface area contributed by atoms with Gasteiger partial charge in [-0.2, -0.15) is 0 Å². The van der Waals surface area contributed by atoms with Crippen molar-refractivity contribution < 1.29 is 4.79 Å². The lowest BCUT2D eigenvalue weighted by Gasteiger charge is -2.35. The van der Waals surface area contributed by atoms with E-state index >= 15 is 0 Å². The zero-order valence-electron chi connectivity index (χ0n) is 8.74.